The number of hydrogen-bond acceptors (Lipinski definition) is 8. The van der Waals surface area contributed by atoms with E-state index < -0.39 is 22.4 Å². The van der Waals surface area contributed by atoms with Crippen LogP contribution in [0.3, 0.4) is 0 Å². The van der Waals surface area contributed by atoms with Gasteiger partial charge in [0.25, 0.3) is 11.5 Å². The van der Waals surface area contributed by atoms with Crippen LogP contribution >= 0.6 is 11.8 Å². The molecule has 0 unspecified atom stereocenters. The Morgan fingerprint density at radius 1 is 1.24 bits per heavy atom. The normalized spacial score (nSPS) is 11.8. The molecule has 130 valence electrons. The molecule has 0 bridgehead atoms. The zero-order valence-electron chi connectivity index (χ0n) is 12.4. The molecule has 2 N–H and O–H groups in total. The molecule has 2 heterocycles. The van der Waals surface area contributed by atoms with Gasteiger partial charge in [-0.2, -0.15) is 32.6 Å². The number of thioether (sulfide) groups is 1. The van der Waals surface area contributed by atoms with Crippen LogP contribution in [0.2, 0.25) is 0 Å². The van der Waals surface area contributed by atoms with Gasteiger partial charge in [0.1, 0.15) is 0 Å². The van der Waals surface area contributed by atoms with E-state index in [1.54, 1.807) is 6.26 Å². The summed E-state index contributed by atoms with van der Waals surface area (Å²) in [4.78, 5) is 22.0. The number of alkyl halides is 3. The molecule has 0 fully saturated rings. The number of nitrogens with zero attached hydrogens (tertiary/aromatic N) is 6. The van der Waals surface area contributed by atoms with E-state index in [1.807, 2.05) is 0 Å². The van der Waals surface area contributed by atoms with Gasteiger partial charge in [0.05, 0.1) is 10.5 Å². The highest BCUT2D eigenvalue weighted by molar-refractivity contribution is 7.98. The third-order valence-corrected chi connectivity index (χ3v) is 3.66. The Balaban J connectivity index is 2.21. The number of aromatic nitrogens is 5. The second-order valence-corrected chi connectivity index (χ2v) is 5.51. The maximum Gasteiger partial charge on any atom is 0.416 e. The lowest BCUT2D eigenvalue weighted by molar-refractivity contribution is -0.385. The average molecular weight is 371 g/mol. The average Bonchev–Trinajstić information content (AvgIpc) is 2.98. The molecular formula is C12H8F3N7O2S. The Hall–Kier alpha value is -2.96. The smallest absolute Gasteiger partial charge is 0.368 e. The fourth-order valence-corrected chi connectivity index (χ4v) is 2.37. The number of nitro groups is 1. The maximum absolute atomic E-state index is 13.0. The van der Waals surface area contributed by atoms with Gasteiger partial charge in [-0.1, -0.05) is 11.8 Å². The number of rotatable bonds is 3. The Morgan fingerprint density at radius 2 is 1.96 bits per heavy atom. The van der Waals surface area contributed by atoms with E-state index in [0.29, 0.717) is 11.2 Å². The van der Waals surface area contributed by atoms with E-state index in [4.69, 9.17) is 5.73 Å². The van der Waals surface area contributed by atoms with E-state index in [0.717, 1.165) is 16.6 Å². The van der Waals surface area contributed by atoms with Crippen LogP contribution in [-0.2, 0) is 6.18 Å². The van der Waals surface area contributed by atoms with Gasteiger partial charge in [0.15, 0.2) is 11.0 Å². The van der Waals surface area contributed by atoms with Crippen molar-refractivity contribution in [3.8, 4) is 11.4 Å². The number of non-ortho nitro benzene ring substituents is 1. The van der Waals surface area contributed by atoms with E-state index in [1.165, 1.54) is 11.8 Å². The predicted octanol–water partition coefficient (Wildman–Crippen LogP) is 2.42. The molecule has 0 radical (unpaired) electrons. The molecule has 0 aliphatic rings. The van der Waals surface area contributed by atoms with Crippen molar-refractivity contribution in [3.05, 3.63) is 33.9 Å². The Labute approximate surface area is 141 Å². The zero-order valence-corrected chi connectivity index (χ0v) is 13.2. The van der Waals surface area contributed by atoms with Crippen LogP contribution in [0.1, 0.15) is 5.56 Å². The molecular weight excluding hydrogens is 363 g/mol. The van der Waals surface area contributed by atoms with Crippen molar-refractivity contribution in [3.63, 3.8) is 0 Å². The van der Waals surface area contributed by atoms with Crippen LogP contribution in [-0.4, -0.2) is 35.7 Å². The lowest BCUT2D eigenvalue weighted by Crippen LogP contribution is -2.06. The fourth-order valence-electron chi connectivity index (χ4n) is 2.01. The highest BCUT2D eigenvalue weighted by Gasteiger charge is 2.33. The van der Waals surface area contributed by atoms with Crippen molar-refractivity contribution >= 4 is 29.2 Å². The quantitative estimate of drug-likeness (QED) is 0.423. The van der Waals surface area contributed by atoms with E-state index in [9.17, 15) is 23.3 Å². The van der Waals surface area contributed by atoms with Crippen molar-refractivity contribution in [1.29, 1.82) is 0 Å². The fraction of sp³-hybridized carbons (Fsp3) is 0.167. The first-order valence-electron chi connectivity index (χ1n) is 6.50. The molecule has 1 aromatic carbocycles. The molecule has 0 saturated heterocycles. The van der Waals surface area contributed by atoms with Gasteiger partial charge < -0.3 is 5.73 Å². The molecule has 0 amide bonds. The molecule has 0 aliphatic heterocycles. The molecule has 9 nitrogen and oxygen atoms in total. The SMILES string of the molecule is CSc1nc(N)n2nc(-c3cc([N+](=O)[O-])cc(C(F)(F)F)c3)nc2n1. The van der Waals surface area contributed by atoms with Crippen LogP contribution in [0.5, 0.6) is 0 Å². The number of anilines is 1. The zero-order chi connectivity index (χ0) is 18.4. The van der Waals surface area contributed by atoms with Gasteiger partial charge in [-0.3, -0.25) is 10.1 Å². The summed E-state index contributed by atoms with van der Waals surface area (Å²) < 4.78 is 40.0. The van der Waals surface area contributed by atoms with Gasteiger partial charge in [0, 0.05) is 17.7 Å². The van der Waals surface area contributed by atoms with Crippen molar-refractivity contribution in [2.24, 2.45) is 0 Å². The monoisotopic (exact) mass is 371 g/mol. The molecule has 3 aromatic rings. The second-order valence-electron chi connectivity index (χ2n) is 4.74. The second kappa shape index (κ2) is 5.84. The van der Waals surface area contributed by atoms with Gasteiger partial charge in [-0.05, 0) is 12.3 Å². The lowest BCUT2D eigenvalue weighted by atomic mass is 10.1. The standard InChI is InChI=1S/C12H8F3N7O2S/c1-25-11-18-9(16)21-10(19-11)17-8(20-21)5-2-6(12(13,14)15)4-7(3-5)22(23)24/h2-4H,1H3,(H2,16,17,18,19,20). The molecule has 0 aliphatic carbocycles. The van der Waals surface area contributed by atoms with Crippen LogP contribution < -0.4 is 5.73 Å². The van der Waals surface area contributed by atoms with Crippen molar-refractivity contribution in [1.82, 2.24) is 24.6 Å². The minimum atomic E-state index is -4.76. The third kappa shape index (κ3) is 3.17. The van der Waals surface area contributed by atoms with Crippen LogP contribution in [0.4, 0.5) is 24.8 Å². The summed E-state index contributed by atoms with van der Waals surface area (Å²) in [5.74, 6) is -0.227. The van der Waals surface area contributed by atoms with Crippen LogP contribution in [0, 0.1) is 10.1 Å². The Morgan fingerprint density at radius 3 is 2.56 bits per heavy atom. The molecule has 2 aromatic heterocycles. The minimum absolute atomic E-state index is 0.0203. The molecule has 13 heteroatoms. The molecule has 25 heavy (non-hydrogen) atoms. The van der Waals surface area contributed by atoms with Gasteiger partial charge in [-0.25, -0.2) is 0 Å². The Bertz CT molecular complexity index is 989. The first-order valence-corrected chi connectivity index (χ1v) is 7.73. The maximum atomic E-state index is 13.0. The summed E-state index contributed by atoms with van der Waals surface area (Å²) in [7, 11) is 0. The first kappa shape index (κ1) is 16.9. The van der Waals surface area contributed by atoms with E-state index >= 15 is 0 Å². The molecule has 3 rings (SSSR count). The van der Waals surface area contributed by atoms with Crippen LogP contribution in [0.25, 0.3) is 17.2 Å². The topological polar surface area (TPSA) is 125 Å². The molecule has 0 saturated carbocycles. The Kier molecular flexibility index (Phi) is 3.94. The van der Waals surface area contributed by atoms with Gasteiger partial charge in [-0.15, -0.1) is 5.10 Å². The van der Waals surface area contributed by atoms with Crippen molar-refractivity contribution < 1.29 is 18.1 Å². The number of nitrogens with two attached hydrogens (primary N) is 1. The third-order valence-electron chi connectivity index (χ3n) is 3.11. The lowest BCUT2D eigenvalue weighted by Gasteiger charge is -2.07. The first-order chi connectivity index (χ1) is 11.7. The van der Waals surface area contributed by atoms with Crippen LogP contribution in [0.15, 0.2) is 23.4 Å². The highest BCUT2D eigenvalue weighted by Crippen LogP contribution is 2.35. The summed E-state index contributed by atoms with van der Waals surface area (Å²) in [6.07, 6.45) is -3.05. The van der Waals surface area contributed by atoms with Crippen molar-refractivity contribution in [2.45, 2.75) is 11.3 Å². The number of nitro benzene ring substituents is 1. The summed E-state index contributed by atoms with van der Waals surface area (Å²) >= 11 is 1.19. The summed E-state index contributed by atoms with van der Waals surface area (Å²) in [5, 5.41) is 15.2. The van der Waals surface area contributed by atoms with Gasteiger partial charge in [0.2, 0.25) is 5.95 Å². The number of halogens is 3. The number of fused-ring (bicyclic) bond motifs is 1. The summed E-state index contributed by atoms with van der Waals surface area (Å²) in [6, 6.07) is 2.11. The highest BCUT2D eigenvalue weighted by atomic mass is 32.2. The largest absolute Gasteiger partial charge is 0.416 e. The minimum Gasteiger partial charge on any atom is -0.368 e. The summed E-state index contributed by atoms with van der Waals surface area (Å²) in [6.45, 7) is 0. The van der Waals surface area contributed by atoms with Gasteiger partial charge >= 0.3 is 6.18 Å². The van der Waals surface area contributed by atoms with Crippen molar-refractivity contribution in [2.75, 3.05) is 12.0 Å². The molecule has 0 spiro atoms. The summed E-state index contributed by atoms with van der Waals surface area (Å²) in [5.41, 5.74) is 3.62. The van der Waals surface area contributed by atoms with E-state index in [2.05, 4.69) is 20.1 Å². The van der Waals surface area contributed by atoms with E-state index in [-0.39, 0.29) is 23.1 Å². The number of nitrogen functional groups attached to an aromatic ring is 1. The molecule has 0 atom stereocenters. The predicted molar refractivity (Wildman–Crippen MR) is 81.9 cm³/mol. The number of hydrogen-bond donors (Lipinski definition) is 1. The number of benzene rings is 1.